The number of rotatable bonds is 8. The van der Waals surface area contributed by atoms with Gasteiger partial charge in [0.2, 0.25) is 0 Å². The lowest BCUT2D eigenvalue weighted by Gasteiger charge is -2.12. The van der Waals surface area contributed by atoms with Crippen LogP contribution in [0, 0.1) is 11.8 Å². The van der Waals surface area contributed by atoms with E-state index in [1.165, 1.54) is 17.7 Å². The van der Waals surface area contributed by atoms with Gasteiger partial charge in [0, 0.05) is 4.88 Å². The minimum absolute atomic E-state index is 0.742. The molecule has 0 aliphatic carbocycles. The standard InChI is InChI=1S/C14H23BrClNS/c1-10(2)9-17-7-6-11(3)4-5-12-8-13(16)14(15)18-12/h8,10-11,17H,4-7,9H2,1-3H3. The van der Waals surface area contributed by atoms with Gasteiger partial charge >= 0.3 is 0 Å². The van der Waals surface area contributed by atoms with E-state index >= 15 is 0 Å². The molecular weight excluding hydrogens is 330 g/mol. The first-order chi connectivity index (χ1) is 8.49. The summed E-state index contributed by atoms with van der Waals surface area (Å²) in [5.41, 5.74) is 0. The number of hydrogen-bond donors (Lipinski definition) is 1. The van der Waals surface area contributed by atoms with Crippen LogP contribution in [-0.4, -0.2) is 13.1 Å². The summed E-state index contributed by atoms with van der Waals surface area (Å²) in [6, 6.07) is 2.08. The first kappa shape index (κ1) is 16.5. The molecule has 0 fully saturated rings. The van der Waals surface area contributed by atoms with E-state index in [0.717, 1.165) is 40.2 Å². The SMILES string of the molecule is CC(C)CNCCC(C)CCc1cc(Cl)c(Br)s1. The van der Waals surface area contributed by atoms with Crippen LogP contribution >= 0.6 is 38.9 Å². The monoisotopic (exact) mass is 351 g/mol. The highest BCUT2D eigenvalue weighted by Crippen LogP contribution is 2.33. The van der Waals surface area contributed by atoms with Crippen molar-refractivity contribution in [2.45, 2.75) is 40.0 Å². The molecule has 0 aromatic carbocycles. The van der Waals surface area contributed by atoms with Crippen molar-refractivity contribution in [2.75, 3.05) is 13.1 Å². The Morgan fingerprint density at radius 1 is 1.33 bits per heavy atom. The first-order valence-electron chi connectivity index (χ1n) is 6.63. The zero-order chi connectivity index (χ0) is 13.5. The van der Waals surface area contributed by atoms with Crippen molar-refractivity contribution in [2.24, 2.45) is 11.8 Å². The molecule has 1 aromatic rings. The molecule has 0 radical (unpaired) electrons. The van der Waals surface area contributed by atoms with Gasteiger partial charge in [-0.05, 0) is 66.2 Å². The predicted molar refractivity (Wildman–Crippen MR) is 86.8 cm³/mol. The van der Waals surface area contributed by atoms with Gasteiger partial charge in [-0.15, -0.1) is 11.3 Å². The molecule has 0 aliphatic rings. The van der Waals surface area contributed by atoms with Crippen LogP contribution in [0.25, 0.3) is 0 Å². The molecule has 104 valence electrons. The number of hydrogen-bond acceptors (Lipinski definition) is 2. The molecule has 1 heterocycles. The second-order valence-electron chi connectivity index (χ2n) is 5.36. The largest absolute Gasteiger partial charge is 0.316 e. The van der Waals surface area contributed by atoms with E-state index in [2.05, 4.69) is 48.1 Å². The summed E-state index contributed by atoms with van der Waals surface area (Å²) in [6.07, 6.45) is 3.64. The van der Waals surface area contributed by atoms with Crippen LogP contribution in [0.5, 0.6) is 0 Å². The summed E-state index contributed by atoms with van der Waals surface area (Å²) in [7, 11) is 0. The van der Waals surface area contributed by atoms with Gasteiger partial charge in [0.25, 0.3) is 0 Å². The van der Waals surface area contributed by atoms with Crippen LogP contribution in [0.2, 0.25) is 5.02 Å². The van der Waals surface area contributed by atoms with Crippen LogP contribution < -0.4 is 5.32 Å². The molecule has 1 unspecified atom stereocenters. The highest BCUT2D eigenvalue weighted by atomic mass is 79.9. The Balaban J connectivity index is 2.15. The average molecular weight is 353 g/mol. The Morgan fingerprint density at radius 3 is 2.61 bits per heavy atom. The van der Waals surface area contributed by atoms with Crippen LogP contribution in [-0.2, 0) is 6.42 Å². The third kappa shape index (κ3) is 6.55. The van der Waals surface area contributed by atoms with Crippen LogP contribution in [0.4, 0.5) is 0 Å². The number of aryl methyl sites for hydroxylation is 1. The average Bonchev–Trinajstić information content (AvgIpc) is 2.61. The van der Waals surface area contributed by atoms with Gasteiger partial charge in [0.1, 0.15) is 0 Å². The van der Waals surface area contributed by atoms with E-state index < -0.39 is 0 Å². The molecule has 0 aliphatic heterocycles. The maximum Gasteiger partial charge on any atom is 0.0887 e. The normalized spacial score (nSPS) is 13.2. The summed E-state index contributed by atoms with van der Waals surface area (Å²) in [5.74, 6) is 1.51. The number of halogens is 2. The van der Waals surface area contributed by atoms with E-state index in [1.54, 1.807) is 11.3 Å². The molecule has 0 saturated carbocycles. The van der Waals surface area contributed by atoms with E-state index in [-0.39, 0.29) is 0 Å². The topological polar surface area (TPSA) is 12.0 Å². The van der Waals surface area contributed by atoms with Crippen molar-refractivity contribution in [3.8, 4) is 0 Å². The lowest BCUT2D eigenvalue weighted by molar-refractivity contribution is 0.455. The minimum atomic E-state index is 0.742. The zero-order valence-corrected chi connectivity index (χ0v) is 14.6. The number of thiophene rings is 1. The molecule has 0 spiro atoms. The fourth-order valence-electron chi connectivity index (χ4n) is 1.79. The minimum Gasteiger partial charge on any atom is -0.316 e. The third-order valence-electron chi connectivity index (χ3n) is 2.95. The van der Waals surface area contributed by atoms with Crippen molar-refractivity contribution in [1.29, 1.82) is 0 Å². The number of nitrogens with one attached hydrogen (secondary N) is 1. The van der Waals surface area contributed by atoms with E-state index in [0.29, 0.717) is 0 Å². The van der Waals surface area contributed by atoms with E-state index in [4.69, 9.17) is 11.6 Å². The summed E-state index contributed by atoms with van der Waals surface area (Å²) in [6.45, 7) is 9.08. The quantitative estimate of drug-likeness (QED) is 0.620. The van der Waals surface area contributed by atoms with E-state index in [9.17, 15) is 0 Å². The van der Waals surface area contributed by atoms with Gasteiger partial charge in [-0.3, -0.25) is 0 Å². The van der Waals surface area contributed by atoms with Gasteiger partial charge in [0.15, 0.2) is 0 Å². The summed E-state index contributed by atoms with van der Waals surface area (Å²) < 4.78 is 1.06. The molecule has 0 saturated heterocycles. The van der Waals surface area contributed by atoms with E-state index in [1.807, 2.05) is 0 Å². The first-order valence-corrected chi connectivity index (χ1v) is 8.62. The van der Waals surface area contributed by atoms with Crippen molar-refractivity contribution in [3.63, 3.8) is 0 Å². The second-order valence-corrected chi connectivity index (χ2v) is 8.23. The molecule has 1 aromatic heterocycles. The molecule has 18 heavy (non-hydrogen) atoms. The molecule has 1 atom stereocenters. The Labute approximate surface area is 128 Å². The molecule has 1 rings (SSSR count). The second kappa shape index (κ2) is 8.57. The lowest BCUT2D eigenvalue weighted by Crippen LogP contribution is -2.22. The van der Waals surface area contributed by atoms with Crippen molar-refractivity contribution >= 4 is 38.9 Å². The van der Waals surface area contributed by atoms with Crippen LogP contribution in [0.15, 0.2) is 9.85 Å². The molecule has 0 bridgehead atoms. The smallest absolute Gasteiger partial charge is 0.0887 e. The zero-order valence-electron chi connectivity index (χ0n) is 11.4. The highest BCUT2D eigenvalue weighted by molar-refractivity contribution is 9.11. The summed E-state index contributed by atoms with van der Waals surface area (Å²) in [4.78, 5) is 1.38. The molecule has 1 nitrogen and oxygen atoms in total. The summed E-state index contributed by atoms with van der Waals surface area (Å²) in [5, 5.41) is 4.35. The van der Waals surface area contributed by atoms with Gasteiger partial charge in [-0.1, -0.05) is 32.4 Å². The van der Waals surface area contributed by atoms with Crippen molar-refractivity contribution in [1.82, 2.24) is 5.32 Å². The third-order valence-corrected chi connectivity index (χ3v) is 5.48. The van der Waals surface area contributed by atoms with Crippen molar-refractivity contribution in [3.05, 3.63) is 19.8 Å². The maximum absolute atomic E-state index is 6.03. The highest BCUT2D eigenvalue weighted by Gasteiger charge is 2.07. The Hall–Kier alpha value is 0.430. The van der Waals surface area contributed by atoms with Crippen LogP contribution in [0.1, 0.15) is 38.5 Å². The molecule has 4 heteroatoms. The summed E-state index contributed by atoms with van der Waals surface area (Å²) >= 11 is 11.3. The Kier molecular flexibility index (Phi) is 7.85. The fourth-order valence-corrected chi connectivity index (χ4v) is 3.62. The van der Waals surface area contributed by atoms with Gasteiger partial charge in [0.05, 0.1) is 8.81 Å². The van der Waals surface area contributed by atoms with Gasteiger partial charge in [-0.2, -0.15) is 0 Å². The Morgan fingerprint density at radius 2 is 2.06 bits per heavy atom. The van der Waals surface area contributed by atoms with Gasteiger partial charge in [-0.25, -0.2) is 0 Å². The molecule has 0 amide bonds. The van der Waals surface area contributed by atoms with Crippen molar-refractivity contribution < 1.29 is 0 Å². The lowest BCUT2D eigenvalue weighted by atomic mass is 10.0. The van der Waals surface area contributed by atoms with Crippen LogP contribution in [0.3, 0.4) is 0 Å². The molecular formula is C14H23BrClNS. The van der Waals surface area contributed by atoms with Gasteiger partial charge < -0.3 is 5.32 Å². The molecule has 1 N–H and O–H groups in total. The predicted octanol–water partition coefficient (Wildman–Crippen LogP) is 5.37. The fraction of sp³-hybridized carbons (Fsp3) is 0.714. The maximum atomic E-state index is 6.03. The Bertz CT molecular complexity index is 332.